The number of pyridine rings is 1. The Morgan fingerprint density at radius 1 is 1.19 bits per heavy atom. The van der Waals surface area contributed by atoms with Crippen LogP contribution in [0.25, 0.3) is 0 Å². The highest BCUT2D eigenvalue weighted by Gasteiger charge is 2.20. The molecule has 1 amide bonds. The fourth-order valence-corrected chi connectivity index (χ4v) is 2.77. The third kappa shape index (κ3) is 5.80. The van der Waals surface area contributed by atoms with Crippen molar-refractivity contribution in [2.75, 3.05) is 13.2 Å². The molecule has 0 saturated carbocycles. The van der Waals surface area contributed by atoms with Crippen LogP contribution < -0.4 is 0 Å². The standard InChI is InChI=1S/C18H18F2N2O3S/c1-2-22(11-13-7-4-3-5-8-13)15(23)12-25-17(24)14-9-6-10-21-16(14)26-18(19)20/h3-10,18H,2,11-12H2,1H3. The number of alkyl halides is 2. The van der Waals surface area contributed by atoms with Crippen LogP contribution in [0, 0.1) is 0 Å². The number of ether oxygens (including phenoxy) is 1. The zero-order valence-corrected chi connectivity index (χ0v) is 14.9. The van der Waals surface area contributed by atoms with Gasteiger partial charge in [0.1, 0.15) is 5.03 Å². The summed E-state index contributed by atoms with van der Waals surface area (Å²) in [5.41, 5.74) is 0.869. The van der Waals surface area contributed by atoms with E-state index in [1.54, 1.807) is 4.90 Å². The molecule has 2 aromatic rings. The number of amides is 1. The molecule has 0 aliphatic rings. The lowest BCUT2D eigenvalue weighted by Crippen LogP contribution is -2.34. The van der Waals surface area contributed by atoms with Crippen molar-refractivity contribution < 1.29 is 23.1 Å². The second-order valence-corrected chi connectivity index (χ2v) is 6.18. The molecule has 0 radical (unpaired) electrons. The molecule has 5 nitrogen and oxygen atoms in total. The Labute approximate surface area is 154 Å². The Balaban J connectivity index is 1.96. The molecule has 1 aromatic heterocycles. The predicted molar refractivity (Wildman–Crippen MR) is 93.9 cm³/mol. The molecule has 0 spiro atoms. The van der Waals surface area contributed by atoms with Crippen molar-refractivity contribution in [1.82, 2.24) is 9.88 Å². The third-order valence-electron chi connectivity index (χ3n) is 3.47. The van der Waals surface area contributed by atoms with E-state index < -0.39 is 18.3 Å². The van der Waals surface area contributed by atoms with E-state index in [1.165, 1.54) is 18.3 Å². The molecule has 8 heteroatoms. The minimum atomic E-state index is -2.71. The highest BCUT2D eigenvalue weighted by atomic mass is 32.2. The monoisotopic (exact) mass is 380 g/mol. The van der Waals surface area contributed by atoms with Crippen molar-refractivity contribution in [3.05, 3.63) is 59.8 Å². The summed E-state index contributed by atoms with van der Waals surface area (Å²) in [5, 5.41) is -0.128. The maximum absolute atomic E-state index is 12.5. The quantitative estimate of drug-likeness (QED) is 0.517. The molecule has 26 heavy (non-hydrogen) atoms. The van der Waals surface area contributed by atoms with Crippen LogP contribution in [0.3, 0.4) is 0 Å². The topological polar surface area (TPSA) is 59.5 Å². The first-order valence-electron chi connectivity index (χ1n) is 7.90. The van der Waals surface area contributed by atoms with Crippen LogP contribution in [0.15, 0.2) is 53.7 Å². The Bertz CT molecular complexity index is 744. The molecule has 1 heterocycles. The van der Waals surface area contributed by atoms with Crippen molar-refractivity contribution in [1.29, 1.82) is 0 Å². The number of nitrogens with zero attached hydrogens (tertiary/aromatic N) is 2. The first-order chi connectivity index (χ1) is 12.5. The Morgan fingerprint density at radius 2 is 1.92 bits per heavy atom. The van der Waals surface area contributed by atoms with Gasteiger partial charge in [-0.1, -0.05) is 30.3 Å². The van der Waals surface area contributed by atoms with Crippen LogP contribution in [-0.4, -0.2) is 40.7 Å². The number of likely N-dealkylation sites (N-methyl/N-ethyl adjacent to an activating group) is 1. The van der Waals surface area contributed by atoms with Crippen LogP contribution in [0.4, 0.5) is 8.78 Å². The number of carbonyl (C=O) groups excluding carboxylic acids is 2. The smallest absolute Gasteiger partial charge is 0.341 e. The number of carbonyl (C=O) groups is 2. The summed E-state index contributed by atoms with van der Waals surface area (Å²) < 4.78 is 30.1. The summed E-state index contributed by atoms with van der Waals surface area (Å²) in [7, 11) is 0. The number of hydrogen-bond acceptors (Lipinski definition) is 5. The first kappa shape index (κ1) is 19.8. The lowest BCUT2D eigenvalue weighted by atomic mass is 10.2. The van der Waals surface area contributed by atoms with Crippen molar-refractivity contribution in [3.63, 3.8) is 0 Å². The van der Waals surface area contributed by atoms with E-state index in [9.17, 15) is 18.4 Å². The van der Waals surface area contributed by atoms with Crippen LogP contribution in [0.5, 0.6) is 0 Å². The zero-order chi connectivity index (χ0) is 18.9. The van der Waals surface area contributed by atoms with Crippen molar-refractivity contribution >= 4 is 23.6 Å². The number of benzene rings is 1. The van der Waals surface area contributed by atoms with E-state index in [0.29, 0.717) is 13.1 Å². The molecule has 0 N–H and O–H groups in total. The van der Waals surface area contributed by atoms with Gasteiger partial charge in [0, 0.05) is 19.3 Å². The van der Waals surface area contributed by atoms with E-state index in [-0.39, 0.29) is 28.3 Å². The molecule has 0 aliphatic heterocycles. The normalized spacial score (nSPS) is 10.6. The SMILES string of the molecule is CCN(Cc1ccccc1)C(=O)COC(=O)c1cccnc1SC(F)F. The number of rotatable bonds is 8. The minimum Gasteiger partial charge on any atom is -0.452 e. The Kier molecular flexibility index (Phi) is 7.53. The van der Waals surface area contributed by atoms with Gasteiger partial charge in [-0.2, -0.15) is 8.78 Å². The molecule has 0 fully saturated rings. The summed E-state index contributed by atoms with van der Waals surface area (Å²) >= 11 is 0.160. The maximum Gasteiger partial charge on any atom is 0.341 e. The second kappa shape index (κ2) is 9.86. The highest BCUT2D eigenvalue weighted by Crippen LogP contribution is 2.26. The van der Waals surface area contributed by atoms with Gasteiger partial charge >= 0.3 is 5.97 Å². The second-order valence-electron chi connectivity index (χ2n) is 5.20. The lowest BCUT2D eigenvalue weighted by molar-refractivity contribution is -0.134. The summed E-state index contributed by atoms with van der Waals surface area (Å²) in [4.78, 5) is 29.7. The van der Waals surface area contributed by atoms with Crippen LogP contribution in [0.1, 0.15) is 22.8 Å². The fraction of sp³-hybridized carbons (Fsp3) is 0.278. The van der Waals surface area contributed by atoms with Crippen LogP contribution in [0.2, 0.25) is 0 Å². The molecule has 0 aliphatic carbocycles. The number of hydrogen-bond donors (Lipinski definition) is 0. The van der Waals surface area contributed by atoms with E-state index in [2.05, 4.69) is 4.98 Å². The fourth-order valence-electron chi connectivity index (χ4n) is 2.20. The van der Waals surface area contributed by atoms with Gasteiger partial charge in [0.05, 0.1) is 5.56 Å². The van der Waals surface area contributed by atoms with Gasteiger partial charge in [0.25, 0.3) is 11.7 Å². The van der Waals surface area contributed by atoms with Gasteiger partial charge in [-0.05, 0) is 36.4 Å². The van der Waals surface area contributed by atoms with Gasteiger partial charge in [-0.15, -0.1) is 0 Å². The van der Waals surface area contributed by atoms with Gasteiger partial charge in [-0.3, -0.25) is 4.79 Å². The van der Waals surface area contributed by atoms with Gasteiger partial charge < -0.3 is 9.64 Å². The average Bonchev–Trinajstić information content (AvgIpc) is 2.64. The van der Waals surface area contributed by atoms with Crippen molar-refractivity contribution in [2.24, 2.45) is 0 Å². The lowest BCUT2D eigenvalue weighted by Gasteiger charge is -2.21. The number of thioether (sulfide) groups is 1. The number of aromatic nitrogens is 1. The Hall–Kier alpha value is -2.48. The number of halogens is 2. The van der Waals surface area contributed by atoms with Gasteiger partial charge in [0.15, 0.2) is 6.61 Å². The third-order valence-corrected chi connectivity index (χ3v) is 4.20. The summed E-state index contributed by atoms with van der Waals surface area (Å²) in [5.74, 6) is -3.93. The molecule has 0 atom stereocenters. The van der Waals surface area contributed by atoms with Gasteiger partial charge in [-0.25, -0.2) is 9.78 Å². The van der Waals surface area contributed by atoms with E-state index >= 15 is 0 Å². The summed E-state index contributed by atoms with van der Waals surface area (Å²) in [6.07, 6.45) is 1.31. The maximum atomic E-state index is 12.5. The molecular weight excluding hydrogens is 362 g/mol. The first-order valence-corrected chi connectivity index (χ1v) is 8.78. The van der Waals surface area contributed by atoms with E-state index in [1.807, 2.05) is 37.3 Å². The largest absolute Gasteiger partial charge is 0.452 e. The molecular formula is C18H18F2N2O3S. The zero-order valence-electron chi connectivity index (χ0n) is 14.1. The predicted octanol–water partition coefficient (Wildman–Crippen LogP) is 3.60. The summed E-state index contributed by atoms with van der Waals surface area (Å²) in [6.45, 7) is 2.20. The molecule has 0 unspecified atom stereocenters. The minimum absolute atomic E-state index is 0.0864. The molecule has 2 rings (SSSR count). The number of esters is 1. The van der Waals surface area contributed by atoms with Crippen LogP contribution in [-0.2, 0) is 16.1 Å². The Morgan fingerprint density at radius 3 is 2.58 bits per heavy atom. The molecule has 1 aromatic carbocycles. The molecule has 0 saturated heterocycles. The van der Waals surface area contributed by atoms with Gasteiger partial charge in [0.2, 0.25) is 0 Å². The summed E-state index contributed by atoms with van der Waals surface area (Å²) in [6, 6.07) is 12.2. The average molecular weight is 380 g/mol. The molecule has 0 bridgehead atoms. The van der Waals surface area contributed by atoms with Crippen molar-refractivity contribution in [3.8, 4) is 0 Å². The molecule has 138 valence electrons. The highest BCUT2D eigenvalue weighted by molar-refractivity contribution is 7.99. The van der Waals surface area contributed by atoms with E-state index in [0.717, 1.165) is 5.56 Å². The van der Waals surface area contributed by atoms with Crippen LogP contribution >= 0.6 is 11.8 Å². The van der Waals surface area contributed by atoms with Crippen molar-refractivity contribution in [2.45, 2.75) is 24.3 Å². The van der Waals surface area contributed by atoms with E-state index in [4.69, 9.17) is 4.74 Å².